The Morgan fingerprint density at radius 1 is 1.00 bits per heavy atom. The van der Waals surface area contributed by atoms with Crippen LogP contribution in [0.5, 0.6) is 11.5 Å². The molecule has 0 aliphatic heterocycles. The largest absolute Gasteiger partial charge is 0.494 e. The van der Waals surface area contributed by atoms with Crippen molar-refractivity contribution in [2.24, 2.45) is 0 Å². The maximum Gasteiger partial charge on any atom is 0.257 e. The first-order valence-corrected chi connectivity index (χ1v) is 11.1. The van der Waals surface area contributed by atoms with Gasteiger partial charge in [-0.05, 0) is 83.1 Å². The highest BCUT2D eigenvalue weighted by Gasteiger charge is 2.11. The van der Waals surface area contributed by atoms with Crippen molar-refractivity contribution in [2.45, 2.75) is 13.3 Å². The monoisotopic (exact) mass is 498 g/mol. The van der Waals surface area contributed by atoms with Crippen LogP contribution in [-0.2, 0) is 6.42 Å². The molecule has 0 unspecified atom stereocenters. The molecule has 1 amide bonds. The van der Waals surface area contributed by atoms with E-state index in [1.54, 1.807) is 18.2 Å². The number of rotatable bonds is 8. The first kappa shape index (κ1) is 22.8. The Balaban J connectivity index is 1.51. The van der Waals surface area contributed by atoms with Gasteiger partial charge in [0, 0.05) is 17.7 Å². The molecule has 31 heavy (non-hydrogen) atoms. The van der Waals surface area contributed by atoms with Crippen molar-refractivity contribution in [3.8, 4) is 11.5 Å². The Hall–Kier alpha value is -2.90. The van der Waals surface area contributed by atoms with E-state index in [2.05, 4.69) is 38.7 Å². The molecule has 0 saturated heterocycles. The van der Waals surface area contributed by atoms with E-state index < -0.39 is 0 Å². The molecule has 5 nitrogen and oxygen atoms in total. The number of thiocarbonyl (C=S) groups is 1. The van der Waals surface area contributed by atoms with Crippen LogP contribution in [0.3, 0.4) is 0 Å². The standard InChI is InChI=1S/C24H23BrN2O3S/c1-2-29-20-11-9-19(10-12-20)26-24(31)27-23(28)18-8-13-22(21(25)16-18)30-15-14-17-6-4-3-5-7-17/h3-13,16H,2,14-15H2,1H3,(H2,26,27,28,31). The molecule has 0 heterocycles. The molecule has 0 aromatic heterocycles. The molecule has 0 aliphatic carbocycles. The maximum atomic E-state index is 12.5. The topological polar surface area (TPSA) is 59.6 Å². The SMILES string of the molecule is CCOc1ccc(NC(=S)NC(=O)c2ccc(OCCc3ccccc3)c(Br)c2)cc1. The summed E-state index contributed by atoms with van der Waals surface area (Å²) in [4.78, 5) is 12.5. The lowest BCUT2D eigenvalue weighted by atomic mass is 10.2. The minimum absolute atomic E-state index is 0.216. The lowest BCUT2D eigenvalue weighted by molar-refractivity contribution is 0.0977. The highest BCUT2D eigenvalue weighted by molar-refractivity contribution is 9.10. The van der Waals surface area contributed by atoms with E-state index in [0.29, 0.717) is 29.0 Å². The highest BCUT2D eigenvalue weighted by atomic mass is 79.9. The Kier molecular flexibility index (Phi) is 8.44. The van der Waals surface area contributed by atoms with Crippen molar-refractivity contribution in [3.05, 3.63) is 88.4 Å². The fourth-order valence-electron chi connectivity index (χ4n) is 2.82. The predicted octanol–water partition coefficient (Wildman–Crippen LogP) is 5.60. The molecule has 2 N–H and O–H groups in total. The van der Waals surface area contributed by atoms with E-state index in [-0.39, 0.29) is 11.0 Å². The normalized spacial score (nSPS) is 10.3. The van der Waals surface area contributed by atoms with E-state index in [1.165, 1.54) is 5.56 Å². The molecule has 0 atom stereocenters. The number of hydrogen-bond donors (Lipinski definition) is 2. The number of benzene rings is 3. The summed E-state index contributed by atoms with van der Waals surface area (Å²) in [5, 5.41) is 5.89. The Morgan fingerprint density at radius 3 is 2.42 bits per heavy atom. The van der Waals surface area contributed by atoms with Gasteiger partial charge in [-0.3, -0.25) is 10.1 Å². The van der Waals surface area contributed by atoms with Gasteiger partial charge in [-0.2, -0.15) is 0 Å². The van der Waals surface area contributed by atoms with Crippen LogP contribution in [0.25, 0.3) is 0 Å². The van der Waals surface area contributed by atoms with Crippen LogP contribution in [0.15, 0.2) is 77.3 Å². The van der Waals surface area contributed by atoms with Gasteiger partial charge in [-0.15, -0.1) is 0 Å². The second-order valence-electron chi connectivity index (χ2n) is 6.59. The van der Waals surface area contributed by atoms with Gasteiger partial charge < -0.3 is 14.8 Å². The van der Waals surface area contributed by atoms with Crippen LogP contribution in [0.1, 0.15) is 22.8 Å². The summed E-state index contributed by atoms with van der Waals surface area (Å²) >= 11 is 8.72. The van der Waals surface area contributed by atoms with Crippen molar-refractivity contribution < 1.29 is 14.3 Å². The van der Waals surface area contributed by atoms with Crippen LogP contribution in [0.2, 0.25) is 0 Å². The van der Waals surface area contributed by atoms with Crippen molar-refractivity contribution >= 4 is 44.9 Å². The van der Waals surface area contributed by atoms with Gasteiger partial charge in [0.1, 0.15) is 11.5 Å². The second-order valence-corrected chi connectivity index (χ2v) is 7.86. The smallest absolute Gasteiger partial charge is 0.257 e. The molecule has 0 bridgehead atoms. The molecule has 0 saturated carbocycles. The molecule has 3 aromatic carbocycles. The quantitative estimate of drug-likeness (QED) is 0.396. The number of carbonyl (C=O) groups is 1. The van der Waals surface area contributed by atoms with E-state index >= 15 is 0 Å². The van der Waals surface area contributed by atoms with E-state index in [1.807, 2.05) is 49.4 Å². The minimum Gasteiger partial charge on any atom is -0.494 e. The zero-order chi connectivity index (χ0) is 22.1. The fourth-order valence-corrected chi connectivity index (χ4v) is 3.53. The Labute approximate surface area is 195 Å². The lowest BCUT2D eigenvalue weighted by Gasteiger charge is -2.12. The van der Waals surface area contributed by atoms with Crippen molar-refractivity contribution in [1.82, 2.24) is 5.32 Å². The van der Waals surface area contributed by atoms with Crippen molar-refractivity contribution in [2.75, 3.05) is 18.5 Å². The molecule has 3 aromatic rings. The molecule has 7 heteroatoms. The zero-order valence-electron chi connectivity index (χ0n) is 17.1. The minimum atomic E-state index is -0.306. The summed E-state index contributed by atoms with van der Waals surface area (Å²) in [6, 6.07) is 22.7. The van der Waals surface area contributed by atoms with Gasteiger partial charge in [-0.25, -0.2) is 0 Å². The summed E-state index contributed by atoms with van der Waals surface area (Å²) in [6.07, 6.45) is 0.807. The first-order valence-electron chi connectivity index (χ1n) is 9.86. The van der Waals surface area contributed by atoms with Gasteiger partial charge in [0.25, 0.3) is 5.91 Å². The number of carbonyl (C=O) groups excluding carboxylic acids is 1. The number of halogens is 1. The second kappa shape index (κ2) is 11.5. The molecule has 0 fully saturated rings. The molecule has 0 spiro atoms. The molecule has 160 valence electrons. The number of nitrogens with one attached hydrogen (secondary N) is 2. The third-order valence-corrected chi connectivity index (χ3v) is 5.16. The van der Waals surface area contributed by atoms with Crippen LogP contribution in [0.4, 0.5) is 5.69 Å². The van der Waals surface area contributed by atoms with Crippen LogP contribution in [-0.4, -0.2) is 24.2 Å². The number of anilines is 1. The highest BCUT2D eigenvalue weighted by Crippen LogP contribution is 2.26. The summed E-state index contributed by atoms with van der Waals surface area (Å²) in [5.74, 6) is 1.15. The van der Waals surface area contributed by atoms with Crippen molar-refractivity contribution in [3.63, 3.8) is 0 Å². The summed E-state index contributed by atoms with van der Waals surface area (Å²) < 4.78 is 12.0. The fraction of sp³-hybridized carbons (Fsp3) is 0.167. The van der Waals surface area contributed by atoms with E-state index in [0.717, 1.165) is 17.9 Å². The van der Waals surface area contributed by atoms with Gasteiger partial charge in [-0.1, -0.05) is 30.3 Å². The number of hydrogen-bond acceptors (Lipinski definition) is 4. The van der Waals surface area contributed by atoms with E-state index in [9.17, 15) is 4.79 Å². The number of ether oxygens (including phenoxy) is 2. The zero-order valence-corrected chi connectivity index (χ0v) is 19.5. The Bertz CT molecular complexity index is 1030. The van der Waals surface area contributed by atoms with Gasteiger partial charge in [0.15, 0.2) is 5.11 Å². The summed E-state index contributed by atoms with van der Waals surface area (Å²) in [5.41, 5.74) is 2.44. The van der Waals surface area contributed by atoms with Crippen LogP contribution in [0, 0.1) is 0 Å². The van der Waals surface area contributed by atoms with Crippen molar-refractivity contribution in [1.29, 1.82) is 0 Å². The summed E-state index contributed by atoms with van der Waals surface area (Å²) in [7, 11) is 0. The molecular formula is C24H23BrN2O3S. The first-order chi connectivity index (χ1) is 15.0. The third kappa shape index (κ3) is 7.08. The Morgan fingerprint density at radius 2 is 1.74 bits per heavy atom. The summed E-state index contributed by atoms with van der Waals surface area (Å²) in [6.45, 7) is 3.08. The van der Waals surface area contributed by atoms with Crippen LogP contribution >= 0.6 is 28.1 Å². The average molecular weight is 499 g/mol. The average Bonchev–Trinajstić information content (AvgIpc) is 2.77. The maximum absolute atomic E-state index is 12.5. The number of amides is 1. The third-order valence-electron chi connectivity index (χ3n) is 4.34. The predicted molar refractivity (Wildman–Crippen MR) is 131 cm³/mol. The van der Waals surface area contributed by atoms with Gasteiger partial charge in [0.2, 0.25) is 0 Å². The van der Waals surface area contributed by atoms with Crippen LogP contribution < -0.4 is 20.1 Å². The lowest BCUT2D eigenvalue weighted by Crippen LogP contribution is -2.34. The molecular weight excluding hydrogens is 476 g/mol. The molecule has 0 radical (unpaired) electrons. The van der Waals surface area contributed by atoms with E-state index in [4.69, 9.17) is 21.7 Å². The van der Waals surface area contributed by atoms with Gasteiger partial charge in [0.05, 0.1) is 17.7 Å². The molecule has 3 rings (SSSR count). The molecule has 0 aliphatic rings. The van der Waals surface area contributed by atoms with Gasteiger partial charge >= 0.3 is 0 Å².